The number of alkyl halides is 2. The summed E-state index contributed by atoms with van der Waals surface area (Å²) in [7, 11) is 0. The smallest absolute Gasteiger partial charge is 0.387 e. The van der Waals surface area contributed by atoms with Gasteiger partial charge in [-0.1, -0.05) is 0 Å². The van der Waals surface area contributed by atoms with E-state index in [-0.39, 0.29) is 35.2 Å². The third-order valence-electron chi connectivity index (χ3n) is 5.98. The molecule has 1 saturated heterocycles. The monoisotopic (exact) mass is 483 g/mol. The number of rotatable bonds is 5. The summed E-state index contributed by atoms with van der Waals surface area (Å²) in [6.45, 7) is -1.39. The van der Waals surface area contributed by atoms with Crippen LogP contribution < -0.4 is 9.64 Å². The number of benzene rings is 2. The van der Waals surface area contributed by atoms with Crippen LogP contribution in [0.1, 0.15) is 26.3 Å². The number of amides is 2. The number of morpholine rings is 1. The molecule has 10 heteroatoms. The van der Waals surface area contributed by atoms with Crippen LogP contribution >= 0.6 is 0 Å². The zero-order chi connectivity index (χ0) is 24.5. The highest BCUT2D eigenvalue weighted by Crippen LogP contribution is 2.38. The molecular formula is C25H20F3N3O4. The number of carbonyl (C=O) groups excluding carboxylic acids is 2. The van der Waals surface area contributed by atoms with Gasteiger partial charge in [0.1, 0.15) is 11.6 Å². The van der Waals surface area contributed by atoms with Crippen molar-refractivity contribution in [3.05, 3.63) is 77.2 Å². The average Bonchev–Trinajstić information content (AvgIpc) is 3.21. The van der Waals surface area contributed by atoms with Crippen LogP contribution in [0.2, 0.25) is 0 Å². The molecule has 7 nitrogen and oxygen atoms in total. The minimum Gasteiger partial charge on any atom is -0.434 e. The molecule has 0 bridgehead atoms. The molecule has 0 spiro atoms. The van der Waals surface area contributed by atoms with E-state index in [2.05, 4.69) is 4.98 Å². The molecule has 0 radical (unpaired) electrons. The number of fused-ring (bicyclic) bond motifs is 1. The Morgan fingerprint density at radius 3 is 2.49 bits per heavy atom. The Labute approximate surface area is 198 Å². The highest BCUT2D eigenvalue weighted by molar-refractivity contribution is 6.11. The summed E-state index contributed by atoms with van der Waals surface area (Å²) in [5.41, 5.74) is 2.09. The molecule has 0 saturated carbocycles. The van der Waals surface area contributed by atoms with Gasteiger partial charge < -0.3 is 19.3 Å². The van der Waals surface area contributed by atoms with Gasteiger partial charge in [0.05, 0.1) is 25.5 Å². The van der Waals surface area contributed by atoms with Crippen LogP contribution in [-0.4, -0.2) is 54.6 Å². The zero-order valence-electron chi connectivity index (χ0n) is 18.4. The summed E-state index contributed by atoms with van der Waals surface area (Å²) in [6, 6.07) is 11.3. The summed E-state index contributed by atoms with van der Waals surface area (Å²) in [6.07, 6.45) is 1.42. The van der Waals surface area contributed by atoms with Crippen LogP contribution in [0.15, 0.2) is 54.7 Å². The lowest BCUT2D eigenvalue weighted by Gasteiger charge is -2.27. The van der Waals surface area contributed by atoms with Gasteiger partial charge in [-0.2, -0.15) is 8.78 Å². The molecule has 2 aliphatic heterocycles. The number of ether oxygens (including phenoxy) is 2. The van der Waals surface area contributed by atoms with Crippen LogP contribution in [0.25, 0.3) is 11.3 Å². The van der Waals surface area contributed by atoms with Gasteiger partial charge in [-0.3, -0.25) is 14.6 Å². The number of anilines is 1. The molecule has 2 amide bonds. The quantitative estimate of drug-likeness (QED) is 0.546. The van der Waals surface area contributed by atoms with Gasteiger partial charge in [-0.15, -0.1) is 0 Å². The summed E-state index contributed by atoms with van der Waals surface area (Å²) >= 11 is 0. The third-order valence-corrected chi connectivity index (χ3v) is 5.98. The van der Waals surface area contributed by atoms with Gasteiger partial charge in [-0.05, 0) is 48.5 Å². The summed E-state index contributed by atoms with van der Waals surface area (Å²) in [5, 5.41) is 0. The molecule has 1 fully saturated rings. The fourth-order valence-corrected chi connectivity index (χ4v) is 4.28. The molecule has 180 valence electrons. The minimum absolute atomic E-state index is 0.117. The molecule has 0 aliphatic carbocycles. The number of aromatic nitrogens is 1. The highest BCUT2D eigenvalue weighted by atomic mass is 19.3. The number of hydrogen-bond acceptors (Lipinski definition) is 5. The fourth-order valence-electron chi connectivity index (χ4n) is 4.28. The first-order valence-corrected chi connectivity index (χ1v) is 10.9. The molecule has 0 N–H and O–H groups in total. The lowest BCUT2D eigenvalue weighted by molar-refractivity contribution is -0.0495. The third kappa shape index (κ3) is 4.44. The van der Waals surface area contributed by atoms with E-state index in [0.29, 0.717) is 48.8 Å². The molecule has 0 atom stereocenters. The molecule has 1 aromatic heterocycles. The Kier molecular flexibility index (Phi) is 6.12. The van der Waals surface area contributed by atoms with Crippen molar-refractivity contribution < 1.29 is 32.2 Å². The maximum atomic E-state index is 13.4. The summed E-state index contributed by atoms with van der Waals surface area (Å²) < 4.78 is 50.0. The first-order valence-electron chi connectivity index (χ1n) is 10.9. The molecule has 2 aliphatic rings. The number of hydrogen-bond donors (Lipinski definition) is 0. The van der Waals surface area contributed by atoms with E-state index in [4.69, 9.17) is 9.47 Å². The first-order chi connectivity index (χ1) is 16.9. The second-order valence-corrected chi connectivity index (χ2v) is 8.05. The number of halogens is 3. The SMILES string of the molecule is O=C(c1ccc(-c2nccc3c2CN(c2ccc(F)cc2)C3=O)c(OC(F)F)c1)N1CCOCC1. The van der Waals surface area contributed by atoms with Crippen molar-refractivity contribution in [1.29, 1.82) is 0 Å². The lowest BCUT2D eigenvalue weighted by atomic mass is 10.00. The Balaban J connectivity index is 1.52. The second kappa shape index (κ2) is 9.38. The molecule has 3 heterocycles. The average molecular weight is 483 g/mol. The van der Waals surface area contributed by atoms with E-state index in [1.54, 1.807) is 11.0 Å². The van der Waals surface area contributed by atoms with E-state index < -0.39 is 12.4 Å². The van der Waals surface area contributed by atoms with Gasteiger partial charge in [-0.25, -0.2) is 4.39 Å². The van der Waals surface area contributed by atoms with Crippen molar-refractivity contribution in [2.45, 2.75) is 13.2 Å². The van der Waals surface area contributed by atoms with Crippen LogP contribution in [0.5, 0.6) is 5.75 Å². The molecule has 0 unspecified atom stereocenters. The molecular weight excluding hydrogens is 463 g/mol. The molecule has 5 rings (SSSR count). The van der Waals surface area contributed by atoms with Crippen LogP contribution in [0, 0.1) is 5.82 Å². The first kappa shape index (κ1) is 22.9. The van der Waals surface area contributed by atoms with Crippen molar-refractivity contribution in [2.75, 3.05) is 31.2 Å². The Morgan fingerprint density at radius 1 is 1.03 bits per heavy atom. The predicted molar refractivity (Wildman–Crippen MR) is 120 cm³/mol. The number of pyridine rings is 1. The topological polar surface area (TPSA) is 72.0 Å². The Morgan fingerprint density at radius 2 is 1.77 bits per heavy atom. The van der Waals surface area contributed by atoms with Crippen LogP contribution in [0.4, 0.5) is 18.9 Å². The summed E-state index contributed by atoms with van der Waals surface area (Å²) in [5.74, 6) is -1.28. The van der Waals surface area contributed by atoms with E-state index in [1.165, 1.54) is 53.6 Å². The molecule has 3 aromatic rings. The van der Waals surface area contributed by atoms with Gasteiger partial charge in [0.2, 0.25) is 0 Å². The maximum absolute atomic E-state index is 13.4. The largest absolute Gasteiger partial charge is 0.434 e. The van der Waals surface area contributed by atoms with Crippen molar-refractivity contribution >= 4 is 17.5 Å². The Bertz CT molecular complexity index is 1280. The van der Waals surface area contributed by atoms with Gasteiger partial charge in [0.15, 0.2) is 0 Å². The van der Waals surface area contributed by atoms with Crippen molar-refractivity contribution in [3.8, 4) is 17.0 Å². The second-order valence-electron chi connectivity index (χ2n) is 8.05. The lowest BCUT2D eigenvalue weighted by Crippen LogP contribution is -2.40. The van der Waals surface area contributed by atoms with Crippen LogP contribution in [-0.2, 0) is 11.3 Å². The standard InChI is InChI=1S/C25H20F3N3O4/c26-16-2-4-17(5-3-16)31-14-20-18(24(31)33)7-8-29-22(20)19-6-1-15(13-21(19)35-25(27)28)23(32)30-9-11-34-12-10-30/h1-8,13,25H,9-12,14H2. The maximum Gasteiger partial charge on any atom is 0.387 e. The van der Waals surface area contributed by atoms with Crippen molar-refractivity contribution in [1.82, 2.24) is 9.88 Å². The normalized spacial score (nSPS) is 15.5. The van der Waals surface area contributed by atoms with E-state index in [9.17, 15) is 22.8 Å². The number of carbonyl (C=O) groups is 2. The Hall–Kier alpha value is -3.92. The van der Waals surface area contributed by atoms with Gasteiger partial charge in [0, 0.05) is 47.2 Å². The van der Waals surface area contributed by atoms with E-state index in [0.717, 1.165) is 0 Å². The van der Waals surface area contributed by atoms with Gasteiger partial charge >= 0.3 is 6.61 Å². The molecule has 2 aromatic carbocycles. The highest BCUT2D eigenvalue weighted by Gasteiger charge is 2.32. The minimum atomic E-state index is -3.13. The zero-order valence-corrected chi connectivity index (χ0v) is 18.4. The van der Waals surface area contributed by atoms with E-state index >= 15 is 0 Å². The molecule has 35 heavy (non-hydrogen) atoms. The van der Waals surface area contributed by atoms with Crippen LogP contribution in [0.3, 0.4) is 0 Å². The van der Waals surface area contributed by atoms with Crippen molar-refractivity contribution in [2.24, 2.45) is 0 Å². The van der Waals surface area contributed by atoms with Crippen molar-refractivity contribution in [3.63, 3.8) is 0 Å². The summed E-state index contributed by atoms with van der Waals surface area (Å²) in [4.78, 5) is 33.3. The van der Waals surface area contributed by atoms with Gasteiger partial charge in [0.25, 0.3) is 11.8 Å². The predicted octanol–water partition coefficient (Wildman–Crippen LogP) is 4.12. The fraction of sp³-hybridized carbons (Fsp3) is 0.240. The van der Waals surface area contributed by atoms with E-state index in [1.807, 2.05) is 0 Å². The number of nitrogens with zero attached hydrogens (tertiary/aromatic N) is 3.